The molecule has 20 heavy (non-hydrogen) atoms. The Morgan fingerprint density at radius 2 is 1.95 bits per heavy atom. The Kier molecular flexibility index (Phi) is 4.76. The number of hydrogen-bond donors (Lipinski definition) is 2. The van der Waals surface area contributed by atoms with Crippen LogP contribution in [0, 0.1) is 0 Å². The van der Waals surface area contributed by atoms with E-state index in [9.17, 15) is 9.90 Å². The summed E-state index contributed by atoms with van der Waals surface area (Å²) in [6.45, 7) is -0.120. The third kappa shape index (κ3) is 3.59. The minimum atomic E-state index is -1.10. The van der Waals surface area contributed by atoms with Crippen molar-refractivity contribution in [2.45, 2.75) is 6.04 Å². The molecule has 0 aliphatic heterocycles. The lowest BCUT2D eigenvalue weighted by molar-refractivity contribution is -0.682. The van der Waals surface area contributed by atoms with Gasteiger partial charge in [0.1, 0.15) is 12.6 Å². The van der Waals surface area contributed by atoms with Crippen molar-refractivity contribution in [3.8, 4) is 0 Å². The van der Waals surface area contributed by atoms with Gasteiger partial charge in [-0.15, -0.1) is 0 Å². The molecule has 2 aromatic carbocycles. The summed E-state index contributed by atoms with van der Waals surface area (Å²) < 4.78 is 0.907. The van der Waals surface area contributed by atoms with Gasteiger partial charge in [-0.05, 0) is 18.2 Å². The molecular formula is C15H15BrN2O2. The number of carbonyl (C=O) groups excluding carboxylic acids is 1. The molecule has 0 amide bonds. The zero-order valence-corrected chi connectivity index (χ0v) is 12.3. The normalized spacial score (nSPS) is 12.1. The van der Waals surface area contributed by atoms with Gasteiger partial charge in [0, 0.05) is 21.3 Å². The molecule has 0 aromatic heterocycles. The molecule has 0 aliphatic carbocycles. The predicted octanol–water partition coefficient (Wildman–Crippen LogP) is 0.434. The Bertz CT molecular complexity index is 602. The number of carbonyl (C=O) groups is 1. The molecule has 0 unspecified atom stereocenters. The molecule has 0 radical (unpaired) electrons. The number of aliphatic carboxylic acids is 1. The molecular weight excluding hydrogens is 320 g/mol. The van der Waals surface area contributed by atoms with Gasteiger partial charge in [-0.2, -0.15) is 0 Å². The first kappa shape index (κ1) is 14.6. The Balaban J connectivity index is 2.40. The van der Waals surface area contributed by atoms with Crippen molar-refractivity contribution >= 4 is 27.6 Å². The van der Waals surface area contributed by atoms with Crippen LogP contribution in [0.3, 0.4) is 0 Å². The average molecular weight is 335 g/mol. The lowest BCUT2D eigenvalue weighted by Gasteiger charge is -2.19. The predicted molar refractivity (Wildman–Crippen MR) is 78.6 cm³/mol. The van der Waals surface area contributed by atoms with Crippen molar-refractivity contribution in [2.75, 3.05) is 12.3 Å². The largest absolute Gasteiger partial charge is 0.544 e. The molecule has 5 heteroatoms. The molecule has 0 fully saturated rings. The number of nitrogens with two attached hydrogens (primary N) is 2. The van der Waals surface area contributed by atoms with Gasteiger partial charge < -0.3 is 21.0 Å². The lowest BCUT2D eigenvalue weighted by Crippen LogP contribution is -2.88. The highest BCUT2D eigenvalue weighted by molar-refractivity contribution is 9.10. The summed E-state index contributed by atoms with van der Waals surface area (Å²) in [4.78, 5) is 10.7. The smallest absolute Gasteiger partial charge is 0.140 e. The van der Waals surface area contributed by atoms with Crippen LogP contribution in [0.5, 0.6) is 0 Å². The standard InChI is InChI=1S/C15H15BrN2O2/c16-11-6-7-13(17)12(8-11)15(18-9-14(19)20)10-4-2-1-3-5-10/h1-8,15,18H,9,17H2,(H,19,20)/t15-/m1/s1. The quantitative estimate of drug-likeness (QED) is 0.778. The van der Waals surface area contributed by atoms with Crippen LogP contribution in [0.15, 0.2) is 53.0 Å². The molecule has 1 atom stereocenters. The van der Waals surface area contributed by atoms with Crippen LogP contribution in [0.2, 0.25) is 0 Å². The zero-order valence-electron chi connectivity index (χ0n) is 10.8. The second-order valence-electron chi connectivity index (χ2n) is 4.47. The Morgan fingerprint density at radius 3 is 2.60 bits per heavy atom. The van der Waals surface area contributed by atoms with Crippen molar-refractivity contribution < 1.29 is 15.2 Å². The Labute approximate surface area is 125 Å². The first-order chi connectivity index (χ1) is 9.58. The van der Waals surface area contributed by atoms with Crippen LogP contribution in [-0.2, 0) is 4.79 Å². The number of nitrogen functional groups attached to an aromatic ring is 1. The summed E-state index contributed by atoms with van der Waals surface area (Å²) in [5.74, 6) is -1.10. The number of hydrogen-bond acceptors (Lipinski definition) is 3. The van der Waals surface area contributed by atoms with E-state index in [0.717, 1.165) is 15.6 Å². The van der Waals surface area contributed by atoms with E-state index in [0.29, 0.717) is 5.69 Å². The van der Waals surface area contributed by atoms with Gasteiger partial charge in [0.15, 0.2) is 0 Å². The van der Waals surface area contributed by atoms with Crippen LogP contribution in [0.25, 0.3) is 0 Å². The molecule has 0 saturated heterocycles. The summed E-state index contributed by atoms with van der Waals surface area (Å²) in [6.07, 6.45) is 0. The maximum atomic E-state index is 10.7. The maximum absolute atomic E-state index is 10.7. The highest BCUT2D eigenvalue weighted by Gasteiger charge is 2.20. The number of benzene rings is 2. The first-order valence-electron chi connectivity index (χ1n) is 6.21. The van der Waals surface area contributed by atoms with E-state index in [1.807, 2.05) is 48.5 Å². The fourth-order valence-electron chi connectivity index (χ4n) is 2.13. The minimum absolute atomic E-state index is 0.120. The van der Waals surface area contributed by atoms with E-state index in [1.54, 1.807) is 5.32 Å². The van der Waals surface area contributed by atoms with Crippen LogP contribution < -0.4 is 16.2 Å². The van der Waals surface area contributed by atoms with Gasteiger partial charge in [0.25, 0.3) is 0 Å². The third-order valence-corrected chi connectivity index (χ3v) is 3.56. The number of quaternary nitrogens is 1. The van der Waals surface area contributed by atoms with Gasteiger partial charge in [0.05, 0.1) is 5.97 Å². The number of halogens is 1. The maximum Gasteiger partial charge on any atom is 0.140 e. The monoisotopic (exact) mass is 334 g/mol. The molecule has 4 N–H and O–H groups in total. The Hall–Kier alpha value is -1.85. The fourth-order valence-corrected chi connectivity index (χ4v) is 2.51. The molecule has 104 valence electrons. The summed E-state index contributed by atoms with van der Waals surface area (Å²) in [6, 6.07) is 15.1. The number of carboxylic acid groups (broad SMARTS) is 1. The summed E-state index contributed by atoms with van der Waals surface area (Å²) in [7, 11) is 0. The average Bonchev–Trinajstić information content (AvgIpc) is 2.43. The minimum Gasteiger partial charge on any atom is -0.544 e. The van der Waals surface area contributed by atoms with Crippen LogP contribution in [0.1, 0.15) is 17.2 Å². The van der Waals surface area contributed by atoms with Gasteiger partial charge in [-0.1, -0.05) is 46.3 Å². The molecule has 0 saturated carbocycles. The molecule has 0 spiro atoms. The van der Waals surface area contributed by atoms with Crippen molar-refractivity contribution in [1.29, 1.82) is 0 Å². The summed E-state index contributed by atoms with van der Waals surface area (Å²) in [5, 5.41) is 12.4. The zero-order chi connectivity index (χ0) is 14.5. The number of rotatable bonds is 5. The van der Waals surface area contributed by atoms with Gasteiger partial charge in [-0.3, -0.25) is 0 Å². The molecule has 0 bridgehead atoms. The van der Waals surface area contributed by atoms with E-state index in [2.05, 4.69) is 15.9 Å². The van der Waals surface area contributed by atoms with Crippen molar-refractivity contribution in [3.63, 3.8) is 0 Å². The molecule has 0 aliphatic rings. The van der Waals surface area contributed by atoms with Gasteiger partial charge in [0.2, 0.25) is 0 Å². The fraction of sp³-hybridized carbons (Fsp3) is 0.133. The molecule has 2 rings (SSSR count). The SMILES string of the molecule is Nc1ccc(Br)cc1[C@H]([NH2+]CC(=O)[O-])c1ccccc1. The summed E-state index contributed by atoms with van der Waals surface area (Å²) >= 11 is 3.42. The molecule has 4 nitrogen and oxygen atoms in total. The Morgan fingerprint density at radius 1 is 1.25 bits per heavy atom. The van der Waals surface area contributed by atoms with E-state index in [1.165, 1.54) is 0 Å². The van der Waals surface area contributed by atoms with E-state index in [-0.39, 0.29) is 12.6 Å². The van der Waals surface area contributed by atoms with Crippen LogP contribution >= 0.6 is 15.9 Å². The molecule has 0 heterocycles. The highest BCUT2D eigenvalue weighted by atomic mass is 79.9. The second-order valence-corrected chi connectivity index (χ2v) is 5.39. The van der Waals surface area contributed by atoms with E-state index in [4.69, 9.17) is 5.73 Å². The van der Waals surface area contributed by atoms with Gasteiger partial charge >= 0.3 is 0 Å². The van der Waals surface area contributed by atoms with E-state index >= 15 is 0 Å². The van der Waals surface area contributed by atoms with E-state index < -0.39 is 5.97 Å². The lowest BCUT2D eigenvalue weighted by atomic mass is 9.97. The van der Waals surface area contributed by atoms with Crippen molar-refractivity contribution in [1.82, 2.24) is 0 Å². The van der Waals surface area contributed by atoms with Gasteiger partial charge in [-0.25, -0.2) is 0 Å². The second kappa shape index (κ2) is 6.54. The van der Waals surface area contributed by atoms with Crippen LogP contribution in [-0.4, -0.2) is 12.5 Å². The van der Waals surface area contributed by atoms with Crippen molar-refractivity contribution in [3.05, 3.63) is 64.1 Å². The highest BCUT2D eigenvalue weighted by Crippen LogP contribution is 2.26. The number of anilines is 1. The molecule has 2 aromatic rings. The summed E-state index contributed by atoms with van der Waals surface area (Å²) in [5.41, 5.74) is 8.55. The first-order valence-corrected chi connectivity index (χ1v) is 7.00. The topological polar surface area (TPSA) is 82.8 Å². The van der Waals surface area contributed by atoms with Crippen molar-refractivity contribution in [2.24, 2.45) is 0 Å². The third-order valence-electron chi connectivity index (χ3n) is 3.06. The van der Waals surface area contributed by atoms with Crippen LogP contribution in [0.4, 0.5) is 5.69 Å². The number of carboxylic acids is 1.